The van der Waals surface area contributed by atoms with Gasteiger partial charge in [0.25, 0.3) is 0 Å². The van der Waals surface area contributed by atoms with Crippen molar-refractivity contribution < 1.29 is 9.53 Å². The van der Waals surface area contributed by atoms with Gasteiger partial charge in [-0.15, -0.1) is 0 Å². The van der Waals surface area contributed by atoms with Crippen LogP contribution in [0, 0.1) is 5.92 Å². The predicted molar refractivity (Wildman–Crippen MR) is 63.8 cm³/mol. The number of ether oxygens (including phenoxy) is 1. The van der Waals surface area contributed by atoms with Crippen molar-refractivity contribution in [3.63, 3.8) is 0 Å². The molecular weight excluding hydrogens is 200 g/mol. The van der Waals surface area contributed by atoms with Gasteiger partial charge in [0.2, 0.25) is 0 Å². The Hall–Kier alpha value is -1.31. The van der Waals surface area contributed by atoms with E-state index in [-0.39, 0.29) is 0 Å². The molecule has 0 aliphatic heterocycles. The molecule has 1 unspecified atom stereocenters. The van der Waals surface area contributed by atoms with Crippen molar-refractivity contribution in [1.29, 1.82) is 0 Å². The van der Waals surface area contributed by atoms with Gasteiger partial charge in [-0.2, -0.15) is 0 Å². The summed E-state index contributed by atoms with van der Waals surface area (Å²) in [5, 5.41) is 0. The molecule has 1 saturated carbocycles. The summed E-state index contributed by atoms with van der Waals surface area (Å²) >= 11 is 0. The molecule has 1 aromatic carbocycles. The Kier molecular flexibility index (Phi) is 3.60. The van der Waals surface area contributed by atoms with E-state index < -0.39 is 0 Å². The van der Waals surface area contributed by atoms with E-state index in [2.05, 4.69) is 12.1 Å². The van der Waals surface area contributed by atoms with Gasteiger partial charge in [-0.1, -0.05) is 18.6 Å². The molecule has 0 spiro atoms. The minimum absolute atomic E-state index is 0.390. The van der Waals surface area contributed by atoms with Crippen LogP contribution in [-0.2, 0) is 4.79 Å². The number of carbonyl (C=O) groups excluding carboxylic acids is 1. The standard InChI is InChI=1S/C14H18O2/c1-16-13-7-3-6-12(10-13)14(8-9-15)11-4-2-5-11/h3,6-7,9-11,14H,2,4-5,8H2,1H3. The van der Waals surface area contributed by atoms with Crippen LogP contribution in [0.1, 0.15) is 37.2 Å². The SMILES string of the molecule is COc1cccc(C(CC=O)C2CCC2)c1. The minimum atomic E-state index is 0.390. The molecule has 1 aromatic rings. The zero-order valence-electron chi connectivity index (χ0n) is 9.69. The van der Waals surface area contributed by atoms with Crippen LogP contribution in [0.15, 0.2) is 24.3 Å². The summed E-state index contributed by atoms with van der Waals surface area (Å²) in [5.41, 5.74) is 1.25. The fraction of sp³-hybridized carbons (Fsp3) is 0.500. The average molecular weight is 218 g/mol. The van der Waals surface area contributed by atoms with Crippen LogP contribution in [0.4, 0.5) is 0 Å². The molecule has 0 bridgehead atoms. The Morgan fingerprint density at radius 2 is 2.31 bits per heavy atom. The van der Waals surface area contributed by atoms with E-state index in [0.29, 0.717) is 18.3 Å². The first-order valence-corrected chi connectivity index (χ1v) is 5.92. The van der Waals surface area contributed by atoms with Crippen LogP contribution >= 0.6 is 0 Å². The molecule has 1 fully saturated rings. The number of rotatable bonds is 5. The quantitative estimate of drug-likeness (QED) is 0.709. The highest BCUT2D eigenvalue weighted by Crippen LogP contribution is 2.41. The van der Waals surface area contributed by atoms with Crippen LogP contribution in [-0.4, -0.2) is 13.4 Å². The Morgan fingerprint density at radius 1 is 1.50 bits per heavy atom. The first-order valence-electron chi connectivity index (χ1n) is 5.92. The van der Waals surface area contributed by atoms with Crippen LogP contribution in [0.25, 0.3) is 0 Å². The summed E-state index contributed by atoms with van der Waals surface area (Å²) < 4.78 is 5.23. The summed E-state index contributed by atoms with van der Waals surface area (Å²) in [6.45, 7) is 0. The normalized spacial score (nSPS) is 17.6. The summed E-state index contributed by atoms with van der Waals surface area (Å²) in [7, 11) is 1.68. The van der Waals surface area contributed by atoms with E-state index in [9.17, 15) is 4.79 Å². The minimum Gasteiger partial charge on any atom is -0.497 e. The van der Waals surface area contributed by atoms with Gasteiger partial charge in [0.15, 0.2) is 0 Å². The van der Waals surface area contributed by atoms with Gasteiger partial charge in [-0.25, -0.2) is 0 Å². The third-order valence-corrected chi connectivity index (χ3v) is 3.59. The average Bonchev–Trinajstić information content (AvgIpc) is 2.26. The molecule has 16 heavy (non-hydrogen) atoms. The Bertz CT molecular complexity index is 356. The summed E-state index contributed by atoms with van der Waals surface area (Å²) in [6, 6.07) is 8.12. The molecule has 2 nitrogen and oxygen atoms in total. The van der Waals surface area contributed by atoms with E-state index in [4.69, 9.17) is 4.74 Å². The topological polar surface area (TPSA) is 26.3 Å². The molecule has 2 rings (SSSR count). The number of hydrogen-bond donors (Lipinski definition) is 0. The van der Waals surface area contributed by atoms with Gasteiger partial charge in [0.1, 0.15) is 12.0 Å². The zero-order valence-corrected chi connectivity index (χ0v) is 9.69. The fourth-order valence-corrected chi connectivity index (χ4v) is 2.42. The molecule has 0 heterocycles. The number of benzene rings is 1. The molecule has 0 radical (unpaired) electrons. The molecule has 1 atom stereocenters. The molecular formula is C14H18O2. The first kappa shape index (κ1) is 11.2. The third-order valence-electron chi connectivity index (χ3n) is 3.59. The molecule has 2 heteroatoms. The lowest BCUT2D eigenvalue weighted by atomic mass is 9.72. The molecule has 1 aliphatic carbocycles. The van der Waals surface area contributed by atoms with Crippen LogP contribution in [0.3, 0.4) is 0 Å². The molecule has 1 aliphatic rings. The number of carbonyl (C=O) groups is 1. The molecule has 0 aromatic heterocycles. The van der Waals surface area contributed by atoms with Crippen molar-refractivity contribution in [3.05, 3.63) is 29.8 Å². The van der Waals surface area contributed by atoms with Crippen LogP contribution in [0.5, 0.6) is 5.75 Å². The molecule has 0 amide bonds. The van der Waals surface area contributed by atoms with Crippen molar-refractivity contribution >= 4 is 6.29 Å². The second-order valence-corrected chi connectivity index (χ2v) is 4.48. The third kappa shape index (κ3) is 2.26. The highest BCUT2D eigenvalue weighted by Gasteiger charge is 2.28. The smallest absolute Gasteiger partial charge is 0.120 e. The maximum atomic E-state index is 10.8. The van der Waals surface area contributed by atoms with E-state index >= 15 is 0 Å². The second kappa shape index (κ2) is 5.15. The summed E-state index contributed by atoms with van der Waals surface area (Å²) in [5.74, 6) is 1.96. The number of methoxy groups -OCH3 is 1. The van der Waals surface area contributed by atoms with E-state index in [1.54, 1.807) is 7.11 Å². The van der Waals surface area contributed by atoms with Crippen molar-refractivity contribution in [2.24, 2.45) is 5.92 Å². The van der Waals surface area contributed by atoms with Crippen LogP contribution in [0.2, 0.25) is 0 Å². The van der Waals surface area contributed by atoms with Crippen molar-refractivity contribution in [2.45, 2.75) is 31.6 Å². The van der Waals surface area contributed by atoms with Crippen molar-refractivity contribution in [1.82, 2.24) is 0 Å². The lowest BCUT2D eigenvalue weighted by molar-refractivity contribution is -0.108. The molecule has 0 N–H and O–H groups in total. The van der Waals surface area contributed by atoms with E-state index in [0.717, 1.165) is 12.0 Å². The monoisotopic (exact) mass is 218 g/mol. The Balaban J connectivity index is 2.19. The molecule has 0 saturated heterocycles. The lowest BCUT2D eigenvalue weighted by Crippen LogP contribution is -2.20. The highest BCUT2D eigenvalue weighted by molar-refractivity contribution is 5.52. The largest absolute Gasteiger partial charge is 0.497 e. The van der Waals surface area contributed by atoms with Gasteiger partial charge >= 0.3 is 0 Å². The predicted octanol–water partition coefficient (Wildman–Crippen LogP) is 3.17. The first-order chi connectivity index (χ1) is 7.85. The number of hydrogen-bond acceptors (Lipinski definition) is 2. The van der Waals surface area contributed by atoms with Gasteiger partial charge < -0.3 is 9.53 Å². The van der Waals surface area contributed by atoms with Gasteiger partial charge in [0.05, 0.1) is 7.11 Å². The zero-order chi connectivity index (χ0) is 11.4. The van der Waals surface area contributed by atoms with Gasteiger partial charge in [-0.3, -0.25) is 0 Å². The fourth-order valence-electron chi connectivity index (χ4n) is 2.42. The van der Waals surface area contributed by atoms with Crippen molar-refractivity contribution in [3.8, 4) is 5.75 Å². The van der Waals surface area contributed by atoms with E-state index in [1.807, 2.05) is 12.1 Å². The van der Waals surface area contributed by atoms with E-state index in [1.165, 1.54) is 24.8 Å². The lowest BCUT2D eigenvalue weighted by Gasteiger charge is -2.33. The second-order valence-electron chi connectivity index (χ2n) is 4.48. The maximum Gasteiger partial charge on any atom is 0.120 e. The maximum absolute atomic E-state index is 10.8. The highest BCUT2D eigenvalue weighted by atomic mass is 16.5. The van der Waals surface area contributed by atoms with Gasteiger partial charge in [-0.05, 0) is 42.4 Å². The van der Waals surface area contributed by atoms with Crippen molar-refractivity contribution in [2.75, 3.05) is 7.11 Å². The summed E-state index contributed by atoms with van der Waals surface area (Å²) in [4.78, 5) is 10.8. The number of aldehydes is 1. The van der Waals surface area contributed by atoms with Gasteiger partial charge in [0, 0.05) is 6.42 Å². The molecule has 86 valence electrons. The summed E-state index contributed by atoms with van der Waals surface area (Å²) in [6.07, 6.45) is 5.51. The Labute approximate surface area is 96.6 Å². The van der Waals surface area contributed by atoms with Crippen LogP contribution < -0.4 is 4.74 Å². The Morgan fingerprint density at radius 3 is 2.88 bits per heavy atom.